The van der Waals surface area contributed by atoms with Crippen LogP contribution in [0, 0.1) is 0 Å². The minimum absolute atomic E-state index is 0.0118. The molecule has 7 nitrogen and oxygen atoms in total. The lowest BCUT2D eigenvalue weighted by molar-refractivity contribution is -0.111. The lowest BCUT2D eigenvalue weighted by Gasteiger charge is -2.02. The van der Waals surface area contributed by atoms with Gasteiger partial charge in [-0.1, -0.05) is 48.5 Å². The highest BCUT2D eigenvalue weighted by Gasteiger charge is 2.23. The fourth-order valence-corrected chi connectivity index (χ4v) is 4.01. The maximum absolute atomic E-state index is 13.1. The second kappa shape index (κ2) is 11.3. The fraction of sp³-hybridized carbons (Fsp3) is 0.0645. The van der Waals surface area contributed by atoms with E-state index in [1.54, 1.807) is 36.4 Å². The summed E-state index contributed by atoms with van der Waals surface area (Å²) in [7, 11) is 0. The Bertz CT molecular complexity index is 1470. The van der Waals surface area contributed by atoms with Crippen molar-refractivity contribution in [3.05, 3.63) is 119 Å². The summed E-state index contributed by atoms with van der Waals surface area (Å²) in [6.45, 7) is 0. The van der Waals surface area contributed by atoms with Crippen molar-refractivity contribution in [1.82, 2.24) is 0 Å². The molecule has 1 aliphatic rings. The van der Waals surface area contributed by atoms with Gasteiger partial charge in [-0.3, -0.25) is 4.79 Å². The molecule has 0 aliphatic heterocycles. The number of azo groups is 2. The number of allylic oxidation sites excluding steroid dienone is 2. The van der Waals surface area contributed by atoms with Crippen LogP contribution in [0.5, 0.6) is 11.5 Å². The first-order valence-corrected chi connectivity index (χ1v) is 12.1. The number of rotatable bonds is 6. The number of phenols is 2. The number of ketones is 1. The molecule has 7 heteroatoms. The molecule has 0 unspecified atom stereocenters. The molecule has 1 aliphatic carbocycles. The van der Waals surface area contributed by atoms with E-state index in [9.17, 15) is 15.0 Å². The van der Waals surface area contributed by atoms with Gasteiger partial charge in [-0.2, -0.15) is 10.2 Å². The molecule has 2 N–H and O–H groups in total. The van der Waals surface area contributed by atoms with Crippen LogP contribution >= 0.6 is 0 Å². The number of carbonyl (C=O) groups excluding carboxylic acids is 1. The monoisotopic (exact) mass is 500 g/mol. The van der Waals surface area contributed by atoms with Crippen LogP contribution in [0.4, 0.5) is 22.7 Å². The summed E-state index contributed by atoms with van der Waals surface area (Å²) in [6.07, 6.45) is 4.84. The second-order valence-electron chi connectivity index (χ2n) is 8.74. The molecule has 4 aromatic rings. The van der Waals surface area contributed by atoms with E-state index in [-0.39, 0.29) is 17.3 Å². The van der Waals surface area contributed by atoms with E-state index < -0.39 is 0 Å². The third-order valence-electron chi connectivity index (χ3n) is 5.99. The van der Waals surface area contributed by atoms with E-state index in [2.05, 4.69) is 20.5 Å². The Kier molecular flexibility index (Phi) is 7.27. The number of hydrogen-bond donors (Lipinski definition) is 2. The Hall–Kier alpha value is -5.17. The average Bonchev–Trinajstić information content (AvgIpc) is 3.28. The number of phenolic OH excluding ortho intramolecular Hbond substituents is 2. The minimum atomic E-state index is -0.0360. The summed E-state index contributed by atoms with van der Waals surface area (Å²) in [6, 6.07) is 28.5. The standard InChI is InChI=1S/C31H24N4O3/c36-29-15-11-21(19-27(29)34-32-25-7-3-1-4-8-25)17-23-13-14-24(31(23)38)18-22-12-16-30(37)28(20-22)35-33-26-9-5-2-6-10-26/h1-12,15-20,36-37H,13-14H2/b23-17+,24-18+,34-32?,35-33?. The first-order chi connectivity index (χ1) is 18.5. The van der Waals surface area contributed by atoms with Gasteiger partial charge in [-0.25, -0.2) is 0 Å². The van der Waals surface area contributed by atoms with E-state index in [1.165, 1.54) is 0 Å². The molecular formula is C31H24N4O3. The number of carbonyl (C=O) groups is 1. The topological polar surface area (TPSA) is 107 Å². The summed E-state index contributed by atoms with van der Waals surface area (Å²) >= 11 is 0. The van der Waals surface area contributed by atoms with Gasteiger partial charge >= 0.3 is 0 Å². The summed E-state index contributed by atoms with van der Waals surface area (Å²) < 4.78 is 0. The molecule has 0 aromatic heterocycles. The zero-order valence-corrected chi connectivity index (χ0v) is 20.4. The van der Waals surface area contributed by atoms with Crippen molar-refractivity contribution in [2.24, 2.45) is 20.5 Å². The molecule has 38 heavy (non-hydrogen) atoms. The molecule has 0 bridgehead atoms. The molecule has 4 aromatic carbocycles. The lowest BCUT2D eigenvalue weighted by Crippen LogP contribution is -1.95. The molecule has 0 heterocycles. The van der Waals surface area contributed by atoms with Gasteiger partial charge in [0.05, 0.1) is 11.4 Å². The Balaban J connectivity index is 1.34. The van der Waals surface area contributed by atoms with E-state index in [4.69, 9.17) is 0 Å². The van der Waals surface area contributed by atoms with Crippen molar-refractivity contribution in [1.29, 1.82) is 0 Å². The lowest BCUT2D eigenvalue weighted by atomic mass is 10.1. The van der Waals surface area contributed by atoms with Crippen LogP contribution in [-0.4, -0.2) is 16.0 Å². The van der Waals surface area contributed by atoms with Crippen LogP contribution in [0.25, 0.3) is 12.2 Å². The molecule has 1 saturated carbocycles. The number of Topliss-reactive ketones (excluding diaryl/α,β-unsaturated/α-hetero) is 1. The SMILES string of the molecule is O=C1/C(=C/c2ccc(O)c(N=Nc3ccccc3)c2)CC/C1=C\c1ccc(O)c(N=Nc2ccccc2)c1. The quantitative estimate of drug-likeness (QED) is 0.204. The maximum Gasteiger partial charge on any atom is 0.185 e. The van der Waals surface area contributed by atoms with Crippen LogP contribution in [0.3, 0.4) is 0 Å². The molecule has 0 spiro atoms. The molecular weight excluding hydrogens is 476 g/mol. The molecule has 0 saturated heterocycles. The highest BCUT2D eigenvalue weighted by atomic mass is 16.3. The van der Waals surface area contributed by atoms with E-state index in [1.807, 2.05) is 72.8 Å². The molecule has 186 valence electrons. The highest BCUT2D eigenvalue weighted by Crippen LogP contribution is 2.35. The van der Waals surface area contributed by atoms with Crippen molar-refractivity contribution in [3.8, 4) is 11.5 Å². The molecule has 0 amide bonds. The molecule has 0 atom stereocenters. The molecule has 1 fully saturated rings. The zero-order chi connectivity index (χ0) is 26.3. The fourth-order valence-electron chi connectivity index (χ4n) is 4.01. The molecule has 5 rings (SSSR count). The Morgan fingerprint density at radius 2 is 0.974 bits per heavy atom. The van der Waals surface area contributed by atoms with Gasteiger partial charge in [0.2, 0.25) is 0 Å². The number of hydrogen-bond acceptors (Lipinski definition) is 7. The second-order valence-corrected chi connectivity index (χ2v) is 8.74. The smallest absolute Gasteiger partial charge is 0.185 e. The van der Waals surface area contributed by atoms with Crippen molar-refractivity contribution >= 4 is 40.7 Å². The predicted molar refractivity (Wildman–Crippen MR) is 148 cm³/mol. The first kappa shape index (κ1) is 24.5. The normalized spacial score (nSPS) is 15.8. The van der Waals surface area contributed by atoms with Crippen molar-refractivity contribution in [3.63, 3.8) is 0 Å². The number of aromatic hydroxyl groups is 2. The largest absolute Gasteiger partial charge is 0.506 e. The van der Waals surface area contributed by atoms with Gasteiger partial charge in [0.25, 0.3) is 0 Å². The van der Waals surface area contributed by atoms with Gasteiger partial charge in [0, 0.05) is 11.1 Å². The highest BCUT2D eigenvalue weighted by molar-refractivity contribution is 6.15. The van der Waals surface area contributed by atoms with Gasteiger partial charge in [0.1, 0.15) is 22.9 Å². The first-order valence-electron chi connectivity index (χ1n) is 12.1. The van der Waals surface area contributed by atoms with Crippen LogP contribution in [0.1, 0.15) is 24.0 Å². The van der Waals surface area contributed by atoms with Crippen LogP contribution in [0.15, 0.2) is 129 Å². The van der Waals surface area contributed by atoms with E-state index >= 15 is 0 Å². The van der Waals surface area contributed by atoms with Gasteiger partial charge in [-0.15, -0.1) is 10.2 Å². The summed E-state index contributed by atoms with van der Waals surface area (Å²) in [4.78, 5) is 13.1. The van der Waals surface area contributed by atoms with Gasteiger partial charge < -0.3 is 10.2 Å². The van der Waals surface area contributed by atoms with Crippen LogP contribution in [-0.2, 0) is 4.79 Å². The Labute approximate surface area is 219 Å². The number of nitrogens with zero attached hydrogens (tertiary/aromatic N) is 4. The van der Waals surface area contributed by atoms with Crippen molar-refractivity contribution in [2.75, 3.05) is 0 Å². The summed E-state index contributed by atoms with van der Waals surface area (Å²) in [5.74, 6) is -0.0125. The van der Waals surface area contributed by atoms with Gasteiger partial charge in [0.15, 0.2) is 5.78 Å². The summed E-state index contributed by atoms with van der Waals surface area (Å²) in [5.41, 5.74) is 4.86. The Morgan fingerprint density at radius 1 is 0.553 bits per heavy atom. The Morgan fingerprint density at radius 3 is 1.39 bits per heavy atom. The van der Waals surface area contributed by atoms with Gasteiger partial charge in [-0.05, 0) is 84.7 Å². The van der Waals surface area contributed by atoms with Crippen LogP contribution in [0.2, 0.25) is 0 Å². The molecule has 0 radical (unpaired) electrons. The summed E-state index contributed by atoms with van der Waals surface area (Å²) in [5, 5.41) is 37.0. The maximum atomic E-state index is 13.1. The van der Waals surface area contributed by atoms with E-state index in [0.717, 1.165) is 11.1 Å². The van der Waals surface area contributed by atoms with Crippen molar-refractivity contribution < 1.29 is 15.0 Å². The number of benzene rings is 4. The average molecular weight is 501 g/mol. The third kappa shape index (κ3) is 5.96. The minimum Gasteiger partial charge on any atom is -0.506 e. The van der Waals surface area contributed by atoms with E-state index in [0.29, 0.717) is 46.7 Å². The van der Waals surface area contributed by atoms with Crippen LogP contribution < -0.4 is 0 Å². The van der Waals surface area contributed by atoms with Crippen molar-refractivity contribution in [2.45, 2.75) is 12.8 Å². The zero-order valence-electron chi connectivity index (χ0n) is 20.4. The third-order valence-corrected chi connectivity index (χ3v) is 5.99. The predicted octanol–water partition coefficient (Wildman–Crippen LogP) is 8.76.